The van der Waals surface area contributed by atoms with E-state index in [0.717, 1.165) is 16.3 Å². The van der Waals surface area contributed by atoms with Crippen LogP contribution in [0.15, 0.2) is 60.1 Å². The number of amides is 1. The second-order valence-electron chi connectivity index (χ2n) is 4.69. The average Bonchev–Trinajstić information content (AvgIpc) is 2.62. The fourth-order valence-corrected chi connectivity index (χ4v) is 2.22. The van der Waals surface area contributed by atoms with Crippen molar-refractivity contribution in [1.29, 1.82) is 0 Å². The zero-order chi connectivity index (χ0) is 16.1. The van der Waals surface area contributed by atoms with Crippen LogP contribution < -0.4 is 10.2 Å². The van der Waals surface area contributed by atoms with E-state index in [1.165, 1.54) is 18.6 Å². The molecule has 2 aromatic carbocycles. The molecule has 3 aromatic rings. The summed E-state index contributed by atoms with van der Waals surface area (Å²) in [6.07, 6.45) is 5.90. The first kappa shape index (κ1) is 14.6. The second-order valence-corrected chi connectivity index (χ2v) is 4.69. The lowest BCUT2D eigenvalue weighted by Gasteiger charge is -2.08. The molecular formula is C17H14N4O2. The zero-order valence-corrected chi connectivity index (χ0v) is 12.4. The molecule has 1 heterocycles. The number of ether oxygens (including phenoxy) is 1. The molecule has 0 fully saturated rings. The molecule has 0 unspecified atom stereocenters. The third kappa shape index (κ3) is 3.16. The van der Waals surface area contributed by atoms with Gasteiger partial charge in [-0.15, -0.1) is 0 Å². The fraction of sp³-hybridized carbons (Fsp3) is 0.0588. The molecule has 0 bridgehead atoms. The summed E-state index contributed by atoms with van der Waals surface area (Å²) in [5.41, 5.74) is 3.44. The lowest BCUT2D eigenvalue weighted by molar-refractivity contribution is 0.0949. The van der Waals surface area contributed by atoms with Gasteiger partial charge in [0.15, 0.2) is 0 Å². The van der Waals surface area contributed by atoms with Gasteiger partial charge in [0.05, 0.1) is 19.5 Å². The molecule has 6 heteroatoms. The first-order chi connectivity index (χ1) is 11.3. The van der Waals surface area contributed by atoms with Crippen molar-refractivity contribution in [2.24, 2.45) is 5.10 Å². The molecule has 1 aromatic heterocycles. The Labute approximate surface area is 132 Å². The summed E-state index contributed by atoms with van der Waals surface area (Å²) in [7, 11) is 1.60. The molecule has 0 aliphatic rings. The Bertz CT molecular complexity index is 863. The largest absolute Gasteiger partial charge is 0.496 e. The van der Waals surface area contributed by atoms with Gasteiger partial charge in [0.25, 0.3) is 5.91 Å². The van der Waals surface area contributed by atoms with Crippen molar-refractivity contribution >= 4 is 22.9 Å². The Morgan fingerprint density at radius 1 is 1.22 bits per heavy atom. The summed E-state index contributed by atoms with van der Waals surface area (Å²) >= 11 is 0. The van der Waals surface area contributed by atoms with Crippen molar-refractivity contribution in [1.82, 2.24) is 15.4 Å². The number of nitrogens with one attached hydrogen (secondary N) is 1. The number of hydrogen-bond acceptors (Lipinski definition) is 5. The first-order valence-electron chi connectivity index (χ1n) is 6.95. The summed E-state index contributed by atoms with van der Waals surface area (Å²) in [5.74, 6) is 0.259. The van der Waals surface area contributed by atoms with Crippen LogP contribution in [0.25, 0.3) is 10.8 Å². The molecule has 0 aliphatic carbocycles. The molecule has 1 amide bonds. The molecular weight excluding hydrogens is 292 g/mol. The number of hydrazone groups is 1. The molecule has 23 heavy (non-hydrogen) atoms. The minimum Gasteiger partial charge on any atom is -0.496 e. The van der Waals surface area contributed by atoms with Crippen LogP contribution in [0.4, 0.5) is 0 Å². The normalized spacial score (nSPS) is 10.8. The molecule has 0 radical (unpaired) electrons. The lowest BCUT2D eigenvalue weighted by Crippen LogP contribution is -2.19. The number of hydrogen-bond donors (Lipinski definition) is 1. The molecule has 0 saturated carbocycles. The Balaban J connectivity index is 1.87. The van der Waals surface area contributed by atoms with Crippen LogP contribution in [0.1, 0.15) is 16.1 Å². The minimum absolute atomic E-state index is 0.203. The van der Waals surface area contributed by atoms with Crippen LogP contribution in [-0.2, 0) is 0 Å². The lowest BCUT2D eigenvalue weighted by atomic mass is 10.0. The second kappa shape index (κ2) is 6.65. The highest BCUT2D eigenvalue weighted by Crippen LogP contribution is 2.26. The van der Waals surface area contributed by atoms with Crippen LogP contribution in [0, 0.1) is 0 Å². The summed E-state index contributed by atoms with van der Waals surface area (Å²) in [4.78, 5) is 19.7. The number of benzene rings is 2. The van der Waals surface area contributed by atoms with Crippen molar-refractivity contribution in [3.8, 4) is 5.75 Å². The highest BCUT2D eigenvalue weighted by Gasteiger charge is 2.07. The first-order valence-corrected chi connectivity index (χ1v) is 6.95. The van der Waals surface area contributed by atoms with Crippen molar-refractivity contribution in [3.63, 3.8) is 0 Å². The van der Waals surface area contributed by atoms with Gasteiger partial charge >= 0.3 is 0 Å². The van der Waals surface area contributed by atoms with Crippen molar-refractivity contribution in [2.45, 2.75) is 0 Å². The van der Waals surface area contributed by atoms with Crippen LogP contribution in [-0.4, -0.2) is 29.2 Å². The number of methoxy groups -OCH3 is 1. The summed E-state index contributed by atoms with van der Waals surface area (Å²) in [5, 5.41) is 6.06. The van der Waals surface area contributed by atoms with Crippen LogP contribution >= 0.6 is 0 Å². The monoisotopic (exact) mass is 306 g/mol. The number of nitrogens with zero attached hydrogens (tertiary/aromatic N) is 3. The van der Waals surface area contributed by atoms with Gasteiger partial charge in [-0.2, -0.15) is 5.10 Å². The maximum absolute atomic E-state index is 11.9. The zero-order valence-electron chi connectivity index (χ0n) is 12.4. The van der Waals surface area contributed by atoms with Gasteiger partial charge < -0.3 is 4.74 Å². The Hall–Kier alpha value is -3.28. The molecule has 0 atom stereocenters. The van der Waals surface area contributed by atoms with Crippen molar-refractivity contribution in [2.75, 3.05) is 7.11 Å². The number of carbonyl (C=O) groups is 1. The van der Waals surface area contributed by atoms with Gasteiger partial charge in [0.1, 0.15) is 11.4 Å². The molecule has 3 rings (SSSR count). The van der Waals surface area contributed by atoms with Crippen molar-refractivity contribution < 1.29 is 9.53 Å². The summed E-state index contributed by atoms with van der Waals surface area (Å²) in [6.45, 7) is 0. The average molecular weight is 306 g/mol. The Morgan fingerprint density at radius 3 is 2.87 bits per heavy atom. The summed E-state index contributed by atoms with van der Waals surface area (Å²) in [6, 6.07) is 11.7. The van der Waals surface area contributed by atoms with E-state index in [1.54, 1.807) is 13.3 Å². The van der Waals surface area contributed by atoms with Gasteiger partial charge in [0.2, 0.25) is 0 Å². The quantitative estimate of drug-likeness (QED) is 0.593. The van der Waals surface area contributed by atoms with Gasteiger partial charge in [-0.05, 0) is 16.8 Å². The van der Waals surface area contributed by atoms with Crippen LogP contribution in [0.5, 0.6) is 5.75 Å². The molecule has 0 spiro atoms. The van der Waals surface area contributed by atoms with E-state index in [-0.39, 0.29) is 5.69 Å². The molecule has 114 valence electrons. The highest BCUT2D eigenvalue weighted by atomic mass is 16.5. The molecule has 0 aliphatic heterocycles. The van der Waals surface area contributed by atoms with E-state index in [1.807, 2.05) is 36.4 Å². The predicted molar refractivity (Wildman–Crippen MR) is 87.6 cm³/mol. The number of rotatable bonds is 4. The van der Waals surface area contributed by atoms with E-state index in [4.69, 9.17) is 4.74 Å². The van der Waals surface area contributed by atoms with Crippen LogP contribution in [0.2, 0.25) is 0 Å². The summed E-state index contributed by atoms with van der Waals surface area (Å²) < 4.78 is 5.37. The molecule has 1 N–H and O–H groups in total. The Kier molecular flexibility index (Phi) is 4.24. The smallest absolute Gasteiger partial charge is 0.291 e. The standard InChI is InChI=1S/C17H14N4O2/c1-23-16-7-6-12-4-2-3-5-13(12)14(16)10-20-21-17(22)15-11-18-8-9-19-15/h2-11H,1H3,(H,21,22). The van der Waals surface area contributed by atoms with Gasteiger partial charge in [0, 0.05) is 18.0 Å². The Morgan fingerprint density at radius 2 is 2.09 bits per heavy atom. The van der Waals surface area contributed by atoms with Gasteiger partial charge in [-0.3, -0.25) is 9.78 Å². The van der Waals surface area contributed by atoms with E-state index in [0.29, 0.717) is 5.75 Å². The minimum atomic E-state index is -0.423. The third-order valence-electron chi connectivity index (χ3n) is 3.31. The number of aromatic nitrogens is 2. The highest BCUT2D eigenvalue weighted by molar-refractivity contribution is 6.03. The topological polar surface area (TPSA) is 76.5 Å². The van der Waals surface area contributed by atoms with Crippen molar-refractivity contribution in [3.05, 3.63) is 66.2 Å². The third-order valence-corrected chi connectivity index (χ3v) is 3.31. The van der Waals surface area contributed by atoms with Crippen LogP contribution in [0.3, 0.4) is 0 Å². The van der Waals surface area contributed by atoms with Gasteiger partial charge in [-0.25, -0.2) is 10.4 Å². The number of carbonyl (C=O) groups excluding carboxylic acids is 1. The molecule has 0 saturated heterocycles. The molecule has 6 nitrogen and oxygen atoms in total. The van der Waals surface area contributed by atoms with E-state index in [9.17, 15) is 4.79 Å². The fourth-order valence-electron chi connectivity index (χ4n) is 2.22. The predicted octanol–water partition coefficient (Wildman–Crippen LogP) is 2.40. The van der Waals surface area contributed by atoms with E-state index >= 15 is 0 Å². The maximum atomic E-state index is 11.9. The van der Waals surface area contributed by atoms with Gasteiger partial charge in [-0.1, -0.05) is 30.3 Å². The SMILES string of the molecule is COc1ccc2ccccc2c1C=NNC(=O)c1cnccn1. The maximum Gasteiger partial charge on any atom is 0.291 e. The number of fused-ring (bicyclic) bond motifs is 1. The van der Waals surface area contributed by atoms with E-state index < -0.39 is 5.91 Å². The van der Waals surface area contributed by atoms with E-state index in [2.05, 4.69) is 20.5 Å².